The topological polar surface area (TPSA) is 26.0 Å². The van der Waals surface area contributed by atoms with E-state index in [9.17, 15) is 0 Å². The minimum Gasteiger partial charge on any atom is -0.402 e. The molecule has 0 aromatic carbocycles. The largest absolute Gasteiger partial charge is 0.402 e. The van der Waals surface area contributed by atoms with Crippen LogP contribution in [0.4, 0.5) is 0 Å². The molecule has 0 aliphatic rings. The molecule has 130 valence electrons. The van der Waals surface area contributed by atoms with Crippen molar-refractivity contribution in [1.29, 1.82) is 0 Å². The molecular formula is C21H41N. The smallest absolute Gasteiger partial charge is 0.00667 e. The molecule has 0 saturated heterocycles. The van der Waals surface area contributed by atoms with Gasteiger partial charge in [-0.1, -0.05) is 76.0 Å². The lowest BCUT2D eigenvalue weighted by Gasteiger charge is -2.03. The fourth-order valence-electron chi connectivity index (χ4n) is 2.64. The molecule has 0 aliphatic carbocycles. The van der Waals surface area contributed by atoms with Gasteiger partial charge < -0.3 is 5.73 Å². The maximum Gasteiger partial charge on any atom is 0.00667 e. The van der Waals surface area contributed by atoms with Crippen LogP contribution in [0.2, 0.25) is 0 Å². The molecule has 1 heteroatoms. The van der Waals surface area contributed by atoms with Gasteiger partial charge in [-0.2, -0.15) is 0 Å². The summed E-state index contributed by atoms with van der Waals surface area (Å²) >= 11 is 0. The first-order valence-corrected chi connectivity index (χ1v) is 9.75. The molecule has 1 nitrogen and oxygen atoms in total. The first-order chi connectivity index (χ1) is 10.7. The molecule has 0 heterocycles. The van der Waals surface area contributed by atoms with E-state index < -0.39 is 0 Å². The van der Waals surface area contributed by atoms with Crippen molar-refractivity contribution in [2.75, 3.05) is 0 Å². The first kappa shape index (κ1) is 21.3. The van der Waals surface area contributed by atoms with E-state index >= 15 is 0 Å². The Kier molecular flexibility index (Phi) is 16.1. The highest BCUT2D eigenvalue weighted by Gasteiger charge is 1.94. The lowest BCUT2D eigenvalue weighted by Crippen LogP contribution is -1.99. The lowest BCUT2D eigenvalue weighted by atomic mass is 10.1. The van der Waals surface area contributed by atoms with Crippen LogP contribution in [0.3, 0.4) is 0 Å². The van der Waals surface area contributed by atoms with E-state index in [1.54, 1.807) is 0 Å². The molecule has 0 unspecified atom stereocenters. The van der Waals surface area contributed by atoms with Gasteiger partial charge in [0.05, 0.1) is 0 Å². The number of hydrogen-bond acceptors (Lipinski definition) is 1. The molecule has 0 saturated carbocycles. The summed E-state index contributed by atoms with van der Waals surface area (Å²) in [6, 6.07) is 0. The fraction of sp³-hybridized carbons (Fsp3) is 0.810. The van der Waals surface area contributed by atoms with Gasteiger partial charge in [0.2, 0.25) is 0 Å². The maximum atomic E-state index is 5.94. The third-order valence-corrected chi connectivity index (χ3v) is 4.35. The minimum atomic E-state index is 1.08. The third-order valence-electron chi connectivity index (χ3n) is 4.35. The number of allylic oxidation sites excluding steroid dienone is 4. The van der Waals surface area contributed by atoms with Crippen LogP contribution in [0.25, 0.3) is 0 Å². The van der Waals surface area contributed by atoms with Crippen LogP contribution in [-0.2, 0) is 0 Å². The van der Waals surface area contributed by atoms with Crippen molar-refractivity contribution in [2.45, 2.75) is 111 Å². The van der Waals surface area contributed by atoms with Crippen LogP contribution in [0, 0.1) is 0 Å². The Morgan fingerprint density at radius 3 is 1.64 bits per heavy atom. The van der Waals surface area contributed by atoms with E-state index in [1.165, 1.54) is 89.0 Å². The van der Waals surface area contributed by atoms with Crippen molar-refractivity contribution >= 4 is 0 Å². The highest BCUT2D eigenvalue weighted by Crippen LogP contribution is 2.12. The highest BCUT2D eigenvalue weighted by atomic mass is 14.6. The van der Waals surface area contributed by atoms with Crippen LogP contribution >= 0.6 is 0 Å². The second-order valence-corrected chi connectivity index (χ2v) is 6.86. The van der Waals surface area contributed by atoms with E-state index in [-0.39, 0.29) is 0 Å². The van der Waals surface area contributed by atoms with Gasteiger partial charge in [0, 0.05) is 5.70 Å². The zero-order valence-electron chi connectivity index (χ0n) is 15.6. The third kappa shape index (κ3) is 15.7. The molecule has 0 amide bonds. The van der Waals surface area contributed by atoms with Crippen LogP contribution in [0.15, 0.2) is 23.4 Å². The van der Waals surface area contributed by atoms with E-state index in [1.807, 2.05) is 0 Å². The lowest BCUT2D eigenvalue weighted by molar-refractivity contribution is 0.608. The quantitative estimate of drug-likeness (QED) is 0.250. The molecule has 0 fully saturated rings. The molecule has 22 heavy (non-hydrogen) atoms. The number of unbranched alkanes of at least 4 members (excludes halogenated alkanes) is 11. The standard InChI is InChI=1S/C21H41N/c1-4-5-6-7-8-9-10-11-12-13-14-15-16-17-18-19-21(22)20(2)3/h11-12H,4-10,13-19,22H2,1-3H3/b12-11-. The summed E-state index contributed by atoms with van der Waals surface area (Å²) in [5.41, 5.74) is 8.32. The number of nitrogens with two attached hydrogens (primary N) is 1. The Labute approximate surface area is 140 Å². The summed E-state index contributed by atoms with van der Waals surface area (Å²) < 4.78 is 0. The average molecular weight is 308 g/mol. The van der Waals surface area contributed by atoms with Gasteiger partial charge >= 0.3 is 0 Å². The second kappa shape index (κ2) is 16.6. The number of rotatable bonds is 15. The van der Waals surface area contributed by atoms with Crippen LogP contribution in [0.1, 0.15) is 111 Å². The van der Waals surface area contributed by atoms with Crippen molar-refractivity contribution in [3.05, 3.63) is 23.4 Å². The average Bonchev–Trinajstić information content (AvgIpc) is 2.50. The zero-order valence-corrected chi connectivity index (χ0v) is 15.6. The molecule has 0 atom stereocenters. The van der Waals surface area contributed by atoms with E-state index in [2.05, 4.69) is 32.9 Å². The zero-order chi connectivity index (χ0) is 16.5. The summed E-state index contributed by atoms with van der Waals surface area (Å²) in [6.07, 6.45) is 23.5. The van der Waals surface area contributed by atoms with Crippen molar-refractivity contribution in [1.82, 2.24) is 0 Å². The van der Waals surface area contributed by atoms with E-state index in [0.29, 0.717) is 0 Å². The van der Waals surface area contributed by atoms with Crippen LogP contribution < -0.4 is 5.73 Å². The second-order valence-electron chi connectivity index (χ2n) is 6.86. The SMILES string of the molecule is CCCCCCCC/C=C\CCCCCCCC(N)=C(C)C. The summed E-state index contributed by atoms with van der Waals surface area (Å²) in [6.45, 7) is 6.49. The maximum absolute atomic E-state index is 5.94. The molecule has 2 N–H and O–H groups in total. The minimum absolute atomic E-state index is 1.08. The monoisotopic (exact) mass is 307 g/mol. The normalized spacial score (nSPS) is 11.2. The fourth-order valence-corrected chi connectivity index (χ4v) is 2.64. The summed E-state index contributed by atoms with van der Waals surface area (Å²) in [5.74, 6) is 0. The molecule has 0 radical (unpaired) electrons. The first-order valence-electron chi connectivity index (χ1n) is 9.75. The van der Waals surface area contributed by atoms with Gasteiger partial charge in [-0.05, 0) is 52.4 Å². The van der Waals surface area contributed by atoms with Crippen molar-refractivity contribution in [2.24, 2.45) is 5.73 Å². The van der Waals surface area contributed by atoms with E-state index in [4.69, 9.17) is 5.73 Å². The molecule has 0 aromatic rings. The molecule has 0 bridgehead atoms. The Bertz CT molecular complexity index is 284. The predicted octanol–water partition coefficient (Wildman–Crippen LogP) is 7.28. The summed E-state index contributed by atoms with van der Waals surface area (Å²) in [4.78, 5) is 0. The van der Waals surface area contributed by atoms with Gasteiger partial charge in [-0.25, -0.2) is 0 Å². The molecule has 0 aromatic heterocycles. The van der Waals surface area contributed by atoms with Gasteiger partial charge in [0.1, 0.15) is 0 Å². The van der Waals surface area contributed by atoms with E-state index in [0.717, 1.165) is 12.1 Å². The number of hydrogen-bond donors (Lipinski definition) is 1. The summed E-state index contributed by atoms with van der Waals surface area (Å²) in [5, 5.41) is 0. The van der Waals surface area contributed by atoms with Gasteiger partial charge in [-0.3, -0.25) is 0 Å². The van der Waals surface area contributed by atoms with Crippen LogP contribution in [0.5, 0.6) is 0 Å². The van der Waals surface area contributed by atoms with Gasteiger partial charge in [0.15, 0.2) is 0 Å². The van der Waals surface area contributed by atoms with Crippen molar-refractivity contribution < 1.29 is 0 Å². The predicted molar refractivity (Wildman–Crippen MR) is 102 cm³/mol. The Morgan fingerprint density at radius 2 is 1.14 bits per heavy atom. The Morgan fingerprint density at radius 1 is 0.682 bits per heavy atom. The summed E-state index contributed by atoms with van der Waals surface area (Å²) in [7, 11) is 0. The highest BCUT2D eigenvalue weighted by molar-refractivity contribution is 5.04. The molecular weight excluding hydrogens is 266 g/mol. The Balaban J connectivity index is 3.19. The molecule has 0 rings (SSSR count). The Hall–Kier alpha value is -0.720. The van der Waals surface area contributed by atoms with Crippen molar-refractivity contribution in [3.8, 4) is 0 Å². The van der Waals surface area contributed by atoms with Crippen molar-refractivity contribution in [3.63, 3.8) is 0 Å². The molecule has 0 spiro atoms. The van der Waals surface area contributed by atoms with Gasteiger partial charge in [-0.15, -0.1) is 0 Å². The van der Waals surface area contributed by atoms with Gasteiger partial charge in [0.25, 0.3) is 0 Å². The molecule has 0 aliphatic heterocycles. The van der Waals surface area contributed by atoms with Crippen LogP contribution in [-0.4, -0.2) is 0 Å².